The van der Waals surface area contributed by atoms with Crippen LogP contribution in [-0.2, 0) is 0 Å². The van der Waals surface area contributed by atoms with Crippen molar-refractivity contribution < 1.29 is 5.21 Å². The molecule has 0 saturated heterocycles. The minimum Gasteiger partial charge on any atom is -0.411 e. The van der Waals surface area contributed by atoms with E-state index in [2.05, 4.69) is 10.6 Å². The summed E-state index contributed by atoms with van der Waals surface area (Å²) in [6.07, 6.45) is 2.44. The molecule has 1 aliphatic heterocycles. The van der Waals surface area contributed by atoms with Crippen molar-refractivity contribution in [2.45, 2.75) is 19.8 Å². The molecular formula is C9H13NOS. The summed E-state index contributed by atoms with van der Waals surface area (Å²) in [7, 11) is 0. The fourth-order valence-electron chi connectivity index (χ4n) is 1.82. The van der Waals surface area contributed by atoms with Crippen LogP contribution in [0.15, 0.2) is 16.1 Å². The molecule has 0 amide bonds. The van der Waals surface area contributed by atoms with Crippen molar-refractivity contribution >= 4 is 17.5 Å². The summed E-state index contributed by atoms with van der Waals surface area (Å²) >= 11 is 1.91. The Morgan fingerprint density at radius 3 is 3.17 bits per heavy atom. The van der Waals surface area contributed by atoms with Crippen LogP contribution in [0.1, 0.15) is 19.8 Å². The van der Waals surface area contributed by atoms with Gasteiger partial charge in [-0.25, -0.2) is 0 Å². The first-order valence-corrected chi connectivity index (χ1v) is 5.37. The molecule has 3 heteroatoms. The maximum Gasteiger partial charge on any atom is 0.0577 e. The lowest BCUT2D eigenvalue weighted by Gasteiger charge is -1.97. The molecule has 0 radical (unpaired) electrons. The first-order valence-electron chi connectivity index (χ1n) is 4.32. The minimum absolute atomic E-state index is 0.542. The first-order chi connectivity index (χ1) is 5.83. The smallest absolute Gasteiger partial charge is 0.0577 e. The highest BCUT2D eigenvalue weighted by molar-refractivity contribution is 8.02. The van der Waals surface area contributed by atoms with Gasteiger partial charge in [0.15, 0.2) is 0 Å². The molecule has 1 saturated carbocycles. The predicted octanol–water partition coefficient (Wildman–Crippen LogP) is 2.49. The summed E-state index contributed by atoms with van der Waals surface area (Å²) in [5.74, 6) is 2.49. The zero-order chi connectivity index (χ0) is 8.55. The number of rotatable bonds is 2. The highest BCUT2D eigenvalue weighted by atomic mass is 32.2. The second-order valence-electron chi connectivity index (χ2n) is 3.50. The Kier molecular flexibility index (Phi) is 2.13. The average Bonchev–Trinajstić information content (AvgIpc) is 2.71. The number of allylic oxidation sites excluding steroid dienone is 1. The molecule has 2 unspecified atom stereocenters. The fraction of sp³-hybridized carbons (Fsp3) is 0.667. The monoisotopic (exact) mass is 183 g/mol. The van der Waals surface area contributed by atoms with E-state index in [1.807, 2.05) is 18.7 Å². The van der Waals surface area contributed by atoms with Crippen molar-refractivity contribution in [1.82, 2.24) is 0 Å². The Morgan fingerprint density at radius 2 is 2.58 bits per heavy atom. The zero-order valence-electron chi connectivity index (χ0n) is 7.16. The van der Waals surface area contributed by atoms with Crippen molar-refractivity contribution in [2.24, 2.45) is 17.0 Å². The van der Waals surface area contributed by atoms with Crippen LogP contribution in [0.4, 0.5) is 0 Å². The Morgan fingerprint density at radius 1 is 1.75 bits per heavy atom. The third-order valence-electron chi connectivity index (χ3n) is 2.70. The minimum atomic E-state index is 0.542. The molecule has 0 spiro atoms. The predicted molar refractivity (Wildman–Crippen MR) is 51.7 cm³/mol. The van der Waals surface area contributed by atoms with E-state index in [-0.39, 0.29) is 0 Å². The quantitative estimate of drug-likeness (QED) is 0.405. The highest BCUT2D eigenvalue weighted by Crippen LogP contribution is 2.48. The van der Waals surface area contributed by atoms with E-state index in [9.17, 15) is 0 Å². The lowest BCUT2D eigenvalue weighted by atomic mass is 10.1. The van der Waals surface area contributed by atoms with E-state index in [0.29, 0.717) is 11.8 Å². The number of oxime groups is 1. The van der Waals surface area contributed by atoms with Gasteiger partial charge < -0.3 is 5.21 Å². The van der Waals surface area contributed by atoms with Gasteiger partial charge in [-0.15, -0.1) is 11.8 Å². The van der Waals surface area contributed by atoms with E-state index >= 15 is 0 Å². The Labute approximate surface area is 76.7 Å². The zero-order valence-corrected chi connectivity index (χ0v) is 7.97. The second kappa shape index (κ2) is 3.13. The van der Waals surface area contributed by atoms with E-state index in [1.165, 1.54) is 18.6 Å². The number of hydrogen-bond acceptors (Lipinski definition) is 3. The van der Waals surface area contributed by atoms with Crippen LogP contribution in [0.5, 0.6) is 0 Å². The maximum absolute atomic E-state index is 8.57. The van der Waals surface area contributed by atoms with Gasteiger partial charge in [0.2, 0.25) is 0 Å². The largest absolute Gasteiger partial charge is 0.411 e. The standard InChI is InChI=1S/C9H13NOS/c1-6(10-11)8-4-9(8)7-2-3-12-5-7/h5,8-9,11H,2-4H2,1H3/b10-6+. The van der Waals surface area contributed by atoms with Crippen LogP contribution in [0, 0.1) is 11.8 Å². The second-order valence-corrected chi connectivity index (χ2v) is 4.48. The molecule has 1 aliphatic carbocycles. The third kappa shape index (κ3) is 1.38. The Balaban J connectivity index is 1.95. The van der Waals surface area contributed by atoms with Crippen LogP contribution >= 0.6 is 11.8 Å². The molecule has 1 heterocycles. The summed E-state index contributed by atoms with van der Waals surface area (Å²) in [5.41, 5.74) is 2.48. The lowest BCUT2D eigenvalue weighted by molar-refractivity contribution is 0.316. The van der Waals surface area contributed by atoms with Gasteiger partial charge >= 0.3 is 0 Å². The summed E-state index contributed by atoms with van der Waals surface area (Å²) in [5, 5.41) is 14.1. The molecule has 2 nitrogen and oxygen atoms in total. The van der Waals surface area contributed by atoms with Crippen LogP contribution < -0.4 is 0 Å². The van der Waals surface area contributed by atoms with Crippen molar-refractivity contribution in [2.75, 3.05) is 5.75 Å². The van der Waals surface area contributed by atoms with Gasteiger partial charge in [0, 0.05) is 11.7 Å². The molecular weight excluding hydrogens is 170 g/mol. The van der Waals surface area contributed by atoms with Crippen molar-refractivity contribution in [3.63, 3.8) is 0 Å². The van der Waals surface area contributed by atoms with Gasteiger partial charge in [-0.3, -0.25) is 0 Å². The molecule has 2 atom stereocenters. The summed E-state index contributed by atoms with van der Waals surface area (Å²) < 4.78 is 0. The topological polar surface area (TPSA) is 32.6 Å². The van der Waals surface area contributed by atoms with E-state index < -0.39 is 0 Å². The first kappa shape index (κ1) is 8.17. The molecule has 0 aromatic rings. The molecule has 0 bridgehead atoms. The van der Waals surface area contributed by atoms with Gasteiger partial charge in [0.05, 0.1) is 5.71 Å². The Hall–Kier alpha value is -0.440. The molecule has 1 N–H and O–H groups in total. The van der Waals surface area contributed by atoms with Gasteiger partial charge in [-0.05, 0) is 31.1 Å². The van der Waals surface area contributed by atoms with Gasteiger partial charge in [-0.1, -0.05) is 10.7 Å². The van der Waals surface area contributed by atoms with Crippen LogP contribution in [0.25, 0.3) is 0 Å². The third-order valence-corrected chi connectivity index (χ3v) is 3.61. The summed E-state index contributed by atoms with van der Waals surface area (Å²) in [4.78, 5) is 0. The Bertz CT molecular complexity index is 247. The number of hydrogen-bond donors (Lipinski definition) is 1. The van der Waals surface area contributed by atoms with E-state index in [0.717, 1.165) is 5.71 Å². The SMILES string of the molecule is C/C(=N\O)C1CC1C1=CSCC1. The van der Waals surface area contributed by atoms with Crippen molar-refractivity contribution in [1.29, 1.82) is 0 Å². The summed E-state index contributed by atoms with van der Waals surface area (Å²) in [6.45, 7) is 1.91. The highest BCUT2D eigenvalue weighted by Gasteiger charge is 2.42. The molecule has 2 rings (SSSR count). The number of thioether (sulfide) groups is 1. The van der Waals surface area contributed by atoms with Crippen LogP contribution in [0.3, 0.4) is 0 Å². The normalized spacial score (nSPS) is 35.1. The maximum atomic E-state index is 8.57. The number of nitrogens with zero attached hydrogens (tertiary/aromatic N) is 1. The van der Waals surface area contributed by atoms with Gasteiger partial charge in [-0.2, -0.15) is 0 Å². The molecule has 12 heavy (non-hydrogen) atoms. The molecule has 0 aromatic carbocycles. The molecule has 1 fully saturated rings. The average molecular weight is 183 g/mol. The van der Waals surface area contributed by atoms with Gasteiger partial charge in [0.25, 0.3) is 0 Å². The fourth-order valence-corrected chi connectivity index (χ4v) is 2.79. The van der Waals surface area contributed by atoms with Crippen molar-refractivity contribution in [3.05, 3.63) is 11.0 Å². The molecule has 0 aromatic heterocycles. The summed E-state index contributed by atoms with van der Waals surface area (Å²) in [6, 6.07) is 0. The van der Waals surface area contributed by atoms with Crippen LogP contribution in [0.2, 0.25) is 0 Å². The molecule has 66 valence electrons. The lowest BCUT2D eigenvalue weighted by Crippen LogP contribution is -1.97. The van der Waals surface area contributed by atoms with Crippen LogP contribution in [-0.4, -0.2) is 16.7 Å². The van der Waals surface area contributed by atoms with Crippen molar-refractivity contribution in [3.8, 4) is 0 Å². The molecule has 2 aliphatic rings. The van der Waals surface area contributed by atoms with E-state index in [4.69, 9.17) is 5.21 Å². The van der Waals surface area contributed by atoms with E-state index in [1.54, 1.807) is 5.57 Å². The van der Waals surface area contributed by atoms with Gasteiger partial charge in [0.1, 0.15) is 0 Å².